The van der Waals surface area contributed by atoms with Crippen molar-refractivity contribution >= 4 is 17.7 Å². The molecule has 0 fully saturated rings. The molecule has 0 saturated carbocycles. The Labute approximate surface area is 175 Å². The number of amides is 1. The SMILES string of the molecule is CCN(Cc1ccc(OCc2ccccc2)cc1)C(=O)CSc1cccc[n+]1[O-]. The number of aromatic nitrogens is 1. The maximum Gasteiger partial charge on any atom is 0.251 e. The molecule has 0 aliphatic carbocycles. The fraction of sp³-hybridized carbons (Fsp3) is 0.217. The van der Waals surface area contributed by atoms with Crippen LogP contribution in [0.3, 0.4) is 0 Å². The van der Waals surface area contributed by atoms with Crippen molar-refractivity contribution in [2.24, 2.45) is 0 Å². The molecule has 0 radical (unpaired) electrons. The Morgan fingerprint density at radius 3 is 2.41 bits per heavy atom. The highest BCUT2D eigenvalue weighted by Gasteiger charge is 2.15. The number of carbonyl (C=O) groups is 1. The molecular formula is C23H24N2O3S. The van der Waals surface area contributed by atoms with E-state index in [2.05, 4.69) is 0 Å². The van der Waals surface area contributed by atoms with Crippen LogP contribution in [0.25, 0.3) is 0 Å². The van der Waals surface area contributed by atoms with Crippen LogP contribution in [0.4, 0.5) is 0 Å². The average molecular weight is 409 g/mol. The van der Waals surface area contributed by atoms with Crippen LogP contribution < -0.4 is 9.47 Å². The van der Waals surface area contributed by atoms with Gasteiger partial charge in [0.25, 0.3) is 5.03 Å². The Morgan fingerprint density at radius 1 is 1.00 bits per heavy atom. The van der Waals surface area contributed by atoms with E-state index >= 15 is 0 Å². The predicted octanol–water partition coefficient (Wildman–Crippen LogP) is 4.04. The maximum absolute atomic E-state index is 12.6. The monoisotopic (exact) mass is 408 g/mol. The highest BCUT2D eigenvalue weighted by Crippen LogP contribution is 2.17. The van der Waals surface area contributed by atoms with E-state index in [0.717, 1.165) is 21.6 Å². The average Bonchev–Trinajstić information content (AvgIpc) is 2.77. The molecule has 0 atom stereocenters. The number of carbonyl (C=O) groups excluding carboxylic acids is 1. The van der Waals surface area contributed by atoms with Gasteiger partial charge in [0.15, 0.2) is 6.20 Å². The van der Waals surface area contributed by atoms with Gasteiger partial charge in [-0.3, -0.25) is 4.79 Å². The first-order valence-corrected chi connectivity index (χ1v) is 10.5. The number of thioether (sulfide) groups is 1. The molecule has 3 aromatic rings. The summed E-state index contributed by atoms with van der Waals surface area (Å²) in [6, 6.07) is 23.0. The third-order valence-corrected chi connectivity index (χ3v) is 5.41. The van der Waals surface area contributed by atoms with E-state index in [9.17, 15) is 10.0 Å². The first kappa shape index (κ1) is 20.7. The molecule has 1 heterocycles. The molecule has 0 unspecified atom stereocenters. The lowest BCUT2D eigenvalue weighted by molar-refractivity contribution is -0.645. The summed E-state index contributed by atoms with van der Waals surface area (Å²) in [5.74, 6) is 1.04. The van der Waals surface area contributed by atoms with Gasteiger partial charge in [-0.15, -0.1) is 0 Å². The number of rotatable bonds is 9. The lowest BCUT2D eigenvalue weighted by Gasteiger charge is -2.21. The van der Waals surface area contributed by atoms with Gasteiger partial charge in [0.05, 0.1) is 5.75 Å². The summed E-state index contributed by atoms with van der Waals surface area (Å²) in [7, 11) is 0. The lowest BCUT2D eigenvalue weighted by Crippen LogP contribution is -2.33. The van der Waals surface area contributed by atoms with Crippen LogP contribution in [0.2, 0.25) is 0 Å². The number of nitrogens with zero attached hydrogens (tertiary/aromatic N) is 2. The minimum Gasteiger partial charge on any atom is -0.618 e. The smallest absolute Gasteiger partial charge is 0.251 e. The van der Waals surface area contributed by atoms with E-state index in [1.807, 2.05) is 61.5 Å². The molecule has 29 heavy (non-hydrogen) atoms. The summed E-state index contributed by atoms with van der Waals surface area (Å²) >= 11 is 1.26. The van der Waals surface area contributed by atoms with Crippen LogP contribution in [0.5, 0.6) is 5.75 Å². The zero-order valence-corrected chi connectivity index (χ0v) is 17.2. The molecule has 0 saturated heterocycles. The molecule has 150 valence electrons. The predicted molar refractivity (Wildman–Crippen MR) is 114 cm³/mol. The fourth-order valence-electron chi connectivity index (χ4n) is 2.78. The minimum absolute atomic E-state index is 0.00533. The van der Waals surface area contributed by atoms with E-state index in [1.165, 1.54) is 18.0 Å². The molecule has 1 amide bonds. The number of ether oxygens (including phenoxy) is 1. The topological polar surface area (TPSA) is 56.5 Å². The van der Waals surface area contributed by atoms with E-state index in [-0.39, 0.29) is 11.7 Å². The molecule has 0 aliphatic rings. The lowest BCUT2D eigenvalue weighted by atomic mass is 10.2. The zero-order valence-electron chi connectivity index (χ0n) is 16.4. The van der Waals surface area contributed by atoms with E-state index in [0.29, 0.717) is 24.7 Å². The van der Waals surface area contributed by atoms with Gasteiger partial charge in [-0.25, -0.2) is 0 Å². The highest BCUT2D eigenvalue weighted by molar-refractivity contribution is 7.99. The van der Waals surface area contributed by atoms with Crippen molar-refractivity contribution in [2.45, 2.75) is 25.1 Å². The number of hydrogen-bond donors (Lipinski definition) is 0. The summed E-state index contributed by atoms with van der Waals surface area (Å²) in [6.07, 6.45) is 1.44. The molecule has 2 aromatic carbocycles. The van der Waals surface area contributed by atoms with Gasteiger partial charge in [0.2, 0.25) is 5.91 Å². The molecule has 1 aromatic heterocycles. The number of hydrogen-bond acceptors (Lipinski definition) is 4. The molecule has 0 spiro atoms. The Bertz CT molecular complexity index is 917. The van der Waals surface area contributed by atoms with Gasteiger partial charge >= 0.3 is 0 Å². The second-order valence-corrected chi connectivity index (χ2v) is 7.48. The van der Waals surface area contributed by atoms with Crippen molar-refractivity contribution in [2.75, 3.05) is 12.3 Å². The highest BCUT2D eigenvalue weighted by atomic mass is 32.2. The summed E-state index contributed by atoms with van der Waals surface area (Å²) in [4.78, 5) is 14.3. The fourth-order valence-corrected chi connectivity index (χ4v) is 3.60. The number of pyridine rings is 1. The molecule has 0 bridgehead atoms. The molecule has 0 N–H and O–H groups in total. The van der Waals surface area contributed by atoms with Crippen molar-refractivity contribution < 1.29 is 14.3 Å². The summed E-state index contributed by atoms with van der Waals surface area (Å²) in [5.41, 5.74) is 2.16. The first-order chi connectivity index (χ1) is 14.2. The minimum atomic E-state index is 0.00533. The second-order valence-electron chi connectivity index (χ2n) is 6.48. The van der Waals surface area contributed by atoms with Crippen molar-refractivity contribution in [1.29, 1.82) is 0 Å². The van der Waals surface area contributed by atoms with E-state index in [1.54, 1.807) is 23.1 Å². The molecule has 5 nitrogen and oxygen atoms in total. The summed E-state index contributed by atoms with van der Waals surface area (Å²) in [5, 5.41) is 12.2. The van der Waals surface area contributed by atoms with Gasteiger partial charge in [-0.2, -0.15) is 4.73 Å². The van der Waals surface area contributed by atoms with Gasteiger partial charge in [-0.05, 0) is 48.0 Å². The van der Waals surface area contributed by atoms with Crippen molar-refractivity contribution in [3.8, 4) is 5.75 Å². The van der Waals surface area contributed by atoms with Gasteiger partial charge in [0, 0.05) is 25.2 Å². The van der Waals surface area contributed by atoms with Crippen LogP contribution in [-0.2, 0) is 17.9 Å². The Hall–Kier alpha value is -2.99. The third kappa shape index (κ3) is 6.26. The van der Waals surface area contributed by atoms with E-state index < -0.39 is 0 Å². The van der Waals surface area contributed by atoms with Crippen LogP contribution in [0.15, 0.2) is 84.0 Å². The van der Waals surface area contributed by atoms with E-state index in [4.69, 9.17) is 4.74 Å². The molecule has 3 rings (SSSR count). The summed E-state index contributed by atoms with van der Waals surface area (Å²) in [6.45, 7) is 3.62. The Morgan fingerprint density at radius 2 is 1.72 bits per heavy atom. The number of benzene rings is 2. The first-order valence-electron chi connectivity index (χ1n) is 9.50. The molecule has 0 aliphatic heterocycles. The Balaban J connectivity index is 1.51. The largest absolute Gasteiger partial charge is 0.618 e. The zero-order chi connectivity index (χ0) is 20.5. The Kier molecular flexibility index (Phi) is 7.53. The summed E-state index contributed by atoms with van der Waals surface area (Å²) < 4.78 is 6.59. The van der Waals surface area contributed by atoms with Gasteiger partial charge in [0.1, 0.15) is 12.4 Å². The second kappa shape index (κ2) is 10.5. The standard InChI is InChI=1S/C23H24N2O3S/c1-2-24(22(26)18-29-23-10-6-7-15-25(23)27)16-19-11-13-21(14-12-19)28-17-20-8-4-3-5-9-20/h3-15H,2,16-18H2,1H3. The molecular weight excluding hydrogens is 384 g/mol. The third-order valence-electron chi connectivity index (χ3n) is 4.41. The maximum atomic E-state index is 12.6. The van der Waals surface area contributed by atoms with Crippen LogP contribution in [-0.4, -0.2) is 23.1 Å². The van der Waals surface area contributed by atoms with Gasteiger partial charge in [-0.1, -0.05) is 42.5 Å². The van der Waals surface area contributed by atoms with Crippen molar-refractivity contribution in [1.82, 2.24) is 4.90 Å². The normalized spacial score (nSPS) is 10.5. The van der Waals surface area contributed by atoms with Crippen molar-refractivity contribution in [3.63, 3.8) is 0 Å². The van der Waals surface area contributed by atoms with Crippen LogP contribution in [0.1, 0.15) is 18.1 Å². The quantitative estimate of drug-likeness (QED) is 0.305. The van der Waals surface area contributed by atoms with Crippen LogP contribution >= 0.6 is 11.8 Å². The van der Waals surface area contributed by atoms with Crippen molar-refractivity contribution in [3.05, 3.63) is 95.3 Å². The van der Waals surface area contributed by atoms with Gasteiger partial charge < -0.3 is 14.8 Å². The molecule has 6 heteroatoms. The van der Waals surface area contributed by atoms with Crippen LogP contribution in [0, 0.1) is 5.21 Å².